The van der Waals surface area contributed by atoms with Crippen LogP contribution in [0.1, 0.15) is 31.2 Å². The summed E-state index contributed by atoms with van der Waals surface area (Å²) in [4.78, 5) is 2.49. The second-order valence-electron chi connectivity index (χ2n) is 5.31. The summed E-state index contributed by atoms with van der Waals surface area (Å²) in [5.74, 6) is -0.175. The van der Waals surface area contributed by atoms with E-state index in [1.54, 1.807) is 0 Å². The average molecular weight is 235 g/mol. The third-order valence-electron chi connectivity index (χ3n) is 4.14. The van der Waals surface area contributed by atoms with Gasteiger partial charge in [0.25, 0.3) is 0 Å². The van der Waals surface area contributed by atoms with Gasteiger partial charge in [0.05, 0.1) is 6.10 Å². The van der Waals surface area contributed by atoms with Gasteiger partial charge in [0.2, 0.25) is 0 Å². The fourth-order valence-electron chi connectivity index (χ4n) is 3.30. The molecule has 1 N–H and O–H groups in total. The van der Waals surface area contributed by atoms with E-state index >= 15 is 0 Å². The lowest BCUT2D eigenvalue weighted by Gasteiger charge is -2.37. The summed E-state index contributed by atoms with van der Waals surface area (Å²) < 4.78 is 12.8. The van der Waals surface area contributed by atoms with Crippen molar-refractivity contribution in [2.24, 2.45) is 0 Å². The Balaban J connectivity index is 1.72. The molecule has 2 bridgehead atoms. The van der Waals surface area contributed by atoms with Crippen molar-refractivity contribution in [2.45, 2.75) is 50.4 Å². The van der Waals surface area contributed by atoms with Gasteiger partial charge in [-0.05, 0) is 43.4 Å². The van der Waals surface area contributed by atoms with Crippen molar-refractivity contribution in [3.63, 3.8) is 0 Å². The smallest absolute Gasteiger partial charge is 0.123 e. The van der Waals surface area contributed by atoms with Gasteiger partial charge in [0.15, 0.2) is 0 Å². The number of benzene rings is 1. The van der Waals surface area contributed by atoms with Gasteiger partial charge in [-0.1, -0.05) is 12.1 Å². The van der Waals surface area contributed by atoms with Crippen LogP contribution in [0.2, 0.25) is 0 Å². The number of hydrogen-bond acceptors (Lipinski definition) is 2. The van der Waals surface area contributed by atoms with E-state index in [0.29, 0.717) is 12.1 Å². The zero-order valence-corrected chi connectivity index (χ0v) is 9.85. The fourth-order valence-corrected chi connectivity index (χ4v) is 3.30. The van der Waals surface area contributed by atoms with E-state index in [0.717, 1.165) is 19.4 Å². The van der Waals surface area contributed by atoms with Crippen molar-refractivity contribution >= 4 is 0 Å². The van der Waals surface area contributed by atoms with Gasteiger partial charge in [-0.3, -0.25) is 4.90 Å². The SMILES string of the molecule is OC1CC2CCC(C1)N2Cc1ccc(F)cc1. The van der Waals surface area contributed by atoms with E-state index in [4.69, 9.17) is 0 Å². The van der Waals surface area contributed by atoms with Crippen LogP contribution in [0.3, 0.4) is 0 Å². The molecule has 3 heteroatoms. The summed E-state index contributed by atoms with van der Waals surface area (Å²) in [5.41, 5.74) is 1.17. The molecule has 0 amide bonds. The van der Waals surface area contributed by atoms with Crippen molar-refractivity contribution in [2.75, 3.05) is 0 Å². The maximum Gasteiger partial charge on any atom is 0.123 e. The predicted molar refractivity (Wildman–Crippen MR) is 64.0 cm³/mol. The molecule has 2 unspecified atom stereocenters. The van der Waals surface area contributed by atoms with Crippen LogP contribution >= 0.6 is 0 Å². The highest BCUT2D eigenvalue weighted by Crippen LogP contribution is 2.36. The molecule has 3 rings (SSSR count). The Morgan fingerprint density at radius 1 is 1.12 bits per heavy atom. The Kier molecular flexibility index (Phi) is 2.89. The Bertz CT molecular complexity index is 378. The molecular formula is C14H18FNO. The molecule has 2 aliphatic heterocycles. The minimum Gasteiger partial charge on any atom is -0.393 e. The van der Waals surface area contributed by atoms with Crippen molar-refractivity contribution in [1.82, 2.24) is 4.90 Å². The molecule has 1 aromatic rings. The number of nitrogens with zero attached hydrogens (tertiary/aromatic N) is 1. The maximum atomic E-state index is 12.8. The molecule has 1 aromatic carbocycles. The second kappa shape index (κ2) is 4.39. The van der Waals surface area contributed by atoms with Gasteiger partial charge in [-0.2, -0.15) is 0 Å². The molecule has 2 heterocycles. The van der Waals surface area contributed by atoms with Crippen molar-refractivity contribution in [3.05, 3.63) is 35.6 Å². The number of rotatable bonds is 2. The molecule has 0 aromatic heterocycles. The zero-order valence-electron chi connectivity index (χ0n) is 9.85. The maximum absolute atomic E-state index is 12.8. The van der Waals surface area contributed by atoms with Crippen molar-refractivity contribution in [1.29, 1.82) is 0 Å². The first-order valence-electron chi connectivity index (χ1n) is 6.40. The minimum absolute atomic E-state index is 0.114. The quantitative estimate of drug-likeness (QED) is 0.850. The average Bonchev–Trinajstić information content (AvgIpc) is 2.56. The first-order valence-corrected chi connectivity index (χ1v) is 6.40. The Hall–Kier alpha value is -0.930. The van der Waals surface area contributed by atoms with E-state index < -0.39 is 0 Å². The number of piperidine rings is 1. The molecule has 17 heavy (non-hydrogen) atoms. The van der Waals surface area contributed by atoms with Gasteiger partial charge in [0, 0.05) is 18.6 Å². The molecule has 2 nitrogen and oxygen atoms in total. The fraction of sp³-hybridized carbons (Fsp3) is 0.571. The second-order valence-corrected chi connectivity index (χ2v) is 5.31. The highest BCUT2D eigenvalue weighted by atomic mass is 19.1. The normalized spacial score (nSPS) is 32.9. The highest BCUT2D eigenvalue weighted by Gasteiger charge is 2.39. The Labute approximate surface area is 101 Å². The Morgan fingerprint density at radius 3 is 2.29 bits per heavy atom. The summed E-state index contributed by atoms with van der Waals surface area (Å²) in [6.07, 6.45) is 4.08. The summed E-state index contributed by atoms with van der Waals surface area (Å²) in [6, 6.07) is 7.81. The highest BCUT2D eigenvalue weighted by molar-refractivity contribution is 5.16. The molecule has 2 fully saturated rings. The zero-order chi connectivity index (χ0) is 11.8. The van der Waals surface area contributed by atoms with Crippen LogP contribution in [0, 0.1) is 5.82 Å². The van der Waals surface area contributed by atoms with Crippen LogP contribution < -0.4 is 0 Å². The molecule has 0 saturated carbocycles. The number of hydrogen-bond donors (Lipinski definition) is 1. The summed E-state index contributed by atoms with van der Waals surface area (Å²) in [6.45, 7) is 0.891. The number of aliphatic hydroxyl groups is 1. The first kappa shape index (κ1) is 11.2. The van der Waals surface area contributed by atoms with Gasteiger partial charge >= 0.3 is 0 Å². The van der Waals surface area contributed by atoms with Gasteiger partial charge in [-0.25, -0.2) is 4.39 Å². The summed E-state index contributed by atoms with van der Waals surface area (Å²) >= 11 is 0. The molecule has 92 valence electrons. The number of aliphatic hydroxyl groups excluding tert-OH is 1. The van der Waals surface area contributed by atoms with Crippen LogP contribution in [0.25, 0.3) is 0 Å². The Morgan fingerprint density at radius 2 is 1.71 bits per heavy atom. The van der Waals surface area contributed by atoms with Crippen molar-refractivity contribution in [3.8, 4) is 0 Å². The van der Waals surface area contributed by atoms with Gasteiger partial charge in [0.1, 0.15) is 5.82 Å². The number of halogens is 1. The molecule has 0 aliphatic carbocycles. The van der Waals surface area contributed by atoms with E-state index in [1.807, 2.05) is 12.1 Å². The largest absolute Gasteiger partial charge is 0.393 e. The van der Waals surface area contributed by atoms with Crippen molar-refractivity contribution < 1.29 is 9.50 Å². The topological polar surface area (TPSA) is 23.5 Å². The molecule has 0 radical (unpaired) electrons. The van der Waals surface area contributed by atoms with Crippen LogP contribution in [0.4, 0.5) is 4.39 Å². The standard InChI is InChI=1S/C14H18FNO/c15-11-3-1-10(2-4-11)9-16-12-5-6-13(16)8-14(17)7-12/h1-4,12-14,17H,5-9H2. The molecule has 2 aliphatic rings. The third kappa shape index (κ3) is 2.22. The first-order chi connectivity index (χ1) is 8.22. The number of fused-ring (bicyclic) bond motifs is 2. The van der Waals surface area contributed by atoms with E-state index in [1.165, 1.54) is 30.5 Å². The van der Waals surface area contributed by atoms with E-state index in [-0.39, 0.29) is 11.9 Å². The van der Waals surface area contributed by atoms with Gasteiger partial charge in [-0.15, -0.1) is 0 Å². The lowest BCUT2D eigenvalue weighted by atomic mass is 9.99. The monoisotopic (exact) mass is 235 g/mol. The summed E-state index contributed by atoms with van der Waals surface area (Å²) in [5, 5.41) is 9.73. The molecule has 2 saturated heterocycles. The lowest BCUT2D eigenvalue weighted by Crippen LogP contribution is -2.44. The van der Waals surface area contributed by atoms with E-state index in [2.05, 4.69) is 4.90 Å². The lowest BCUT2D eigenvalue weighted by molar-refractivity contribution is 0.0310. The van der Waals surface area contributed by atoms with Crippen LogP contribution in [-0.4, -0.2) is 28.2 Å². The molecule has 2 atom stereocenters. The van der Waals surface area contributed by atoms with Crippen LogP contribution in [0.15, 0.2) is 24.3 Å². The molecular weight excluding hydrogens is 217 g/mol. The van der Waals surface area contributed by atoms with Crippen LogP contribution in [-0.2, 0) is 6.54 Å². The molecule has 0 spiro atoms. The predicted octanol–water partition coefficient (Wildman–Crippen LogP) is 2.31. The minimum atomic E-state index is -0.175. The third-order valence-corrected chi connectivity index (χ3v) is 4.14. The van der Waals surface area contributed by atoms with E-state index in [9.17, 15) is 9.50 Å². The van der Waals surface area contributed by atoms with Gasteiger partial charge < -0.3 is 5.11 Å². The van der Waals surface area contributed by atoms with Crippen LogP contribution in [0.5, 0.6) is 0 Å². The summed E-state index contributed by atoms with van der Waals surface area (Å²) in [7, 11) is 0.